The Hall–Kier alpha value is -1.88. The molecule has 2 heterocycles. The van der Waals surface area contributed by atoms with E-state index in [-0.39, 0.29) is 17.9 Å². The van der Waals surface area contributed by atoms with Crippen LogP contribution in [0.15, 0.2) is 18.2 Å². The molecule has 2 unspecified atom stereocenters. The molecule has 5 nitrogen and oxygen atoms in total. The zero-order valence-electron chi connectivity index (χ0n) is 13.2. The number of piperidine rings is 1. The summed E-state index contributed by atoms with van der Waals surface area (Å²) in [6.45, 7) is 6.34. The molecular formula is C17H23N3O2. The van der Waals surface area contributed by atoms with Gasteiger partial charge in [0.1, 0.15) is 0 Å². The molecule has 2 aliphatic heterocycles. The first-order valence-corrected chi connectivity index (χ1v) is 7.99. The van der Waals surface area contributed by atoms with E-state index in [2.05, 4.69) is 17.6 Å². The first-order valence-electron chi connectivity index (χ1n) is 7.99. The lowest BCUT2D eigenvalue weighted by atomic mass is 9.95. The van der Waals surface area contributed by atoms with Crippen molar-refractivity contribution in [3.05, 3.63) is 29.3 Å². The van der Waals surface area contributed by atoms with Crippen molar-refractivity contribution in [1.29, 1.82) is 0 Å². The van der Waals surface area contributed by atoms with Crippen molar-refractivity contribution in [1.82, 2.24) is 10.6 Å². The zero-order valence-corrected chi connectivity index (χ0v) is 13.2. The molecule has 0 saturated carbocycles. The van der Waals surface area contributed by atoms with Crippen LogP contribution in [0.2, 0.25) is 0 Å². The van der Waals surface area contributed by atoms with E-state index < -0.39 is 0 Å². The summed E-state index contributed by atoms with van der Waals surface area (Å²) in [5.41, 5.74) is 2.72. The number of benzene rings is 1. The van der Waals surface area contributed by atoms with Crippen LogP contribution >= 0.6 is 0 Å². The summed E-state index contributed by atoms with van der Waals surface area (Å²) in [6.07, 6.45) is 1.79. The minimum Gasteiger partial charge on any atom is -0.349 e. The third kappa shape index (κ3) is 2.86. The van der Waals surface area contributed by atoms with Gasteiger partial charge in [-0.3, -0.25) is 9.59 Å². The van der Waals surface area contributed by atoms with E-state index in [1.165, 1.54) is 0 Å². The molecule has 2 aliphatic rings. The van der Waals surface area contributed by atoms with Crippen LogP contribution in [0.25, 0.3) is 0 Å². The Kier molecular flexibility index (Phi) is 4.16. The van der Waals surface area contributed by atoms with Crippen molar-refractivity contribution < 1.29 is 9.59 Å². The third-order valence-electron chi connectivity index (χ3n) is 4.72. The SMILES string of the molecule is CC(=O)N1CCc2cc(C(=O)NC3CCNCC3C)ccc21. The minimum atomic E-state index is -0.0113. The monoisotopic (exact) mass is 301 g/mol. The number of anilines is 1. The number of amides is 2. The molecule has 3 rings (SSSR count). The predicted octanol–water partition coefficient (Wildman–Crippen LogP) is 1.32. The van der Waals surface area contributed by atoms with Crippen LogP contribution in [0.1, 0.15) is 36.2 Å². The highest BCUT2D eigenvalue weighted by Crippen LogP contribution is 2.29. The minimum absolute atomic E-state index is 0.0113. The molecule has 0 spiro atoms. The van der Waals surface area contributed by atoms with E-state index >= 15 is 0 Å². The summed E-state index contributed by atoms with van der Waals surface area (Å²) < 4.78 is 0. The number of carbonyl (C=O) groups is 2. The second-order valence-corrected chi connectivity index (χ2v) is 6.31. The maximum atomic E-state index is 12.5. The highest BCUT2D eigenvalue weighted by molar-refractivity contribution is 5.98. The fourth-order valence-electron chi connectivity index (χ4n) is 3.35. The van der Waals surface area contributed by atoms with Crippen LogP contribution in [0.5, 0.6) is 0 Å². The molecule has 22 heavy (non-hydrogen) atoms. The molecule has 2 N–H and O–H groups in total. The summed E-state index contributed by atoms with van der Waals surface area (Å²) in [7, 11) is 0. The number of hydrogen-bond donors (Lipinski definition) is 2. The summed E-state index contributed by atoms with van der Waals surface area (Å²) in [5.74, 6) is 0.489. The lowest BCUT2D eigenvalue weighted by Crippen LogP contribution is -2.48. The van der Waals surface area contributed by atoms with Crippen molar-refractivity contribution in [2.24, 2.45) is 5.92 Å². The smallest absolute Gasteiger partial charge is 0.251 e. The van der Waals surface area contributed by atoms with Crippen LogP contribution in [0.4, 0.5) is 5.69 Å². The summed E-state index contributed by atoms with van der Waals surface area (Å²) in [6, 6.07) is 5.88. The van der Waals surface area contributed by atoms with E-state index in [0.29, 0.717) is 18.0 Å². The molecule has 2 atom stereocenters. The Morgan fingerprint density at radius 3 is 2.91 bits per heavy atom. The van der Waals surface area contributed by atoms with Gasteiger partial charge in [0.15, 0.2) is 0 Å². The molecule has 0 bridgehead atoms. The molecule has 0 aliphatic carbocycles. The number of hydrogen-bond acceptors (Lipinski definition) is 3. The Balaban J connectivity index is 1.73. The van der Waals surface area contributed by atoms with Crippen molar-refractivity contribution in [3.63, 3.8) is 0 Å². The normalized spacial score (nSPS) is 24.0. The fraction of sp³-hybridized carbons (Fsp3) is 0.529. The average molecular weight is 301 g/mol. The summed E-state index contributed by atoms with van der Waals surface area (Å²) in [4.78, 5) is 25.8. The highest BCUT2D eigenvalue weighted by atomic mass is 16.2. The predicted molar refractivity (Wildman–Crippen MR) is 86.1 cm³/mol. The largest absolute Gasteiger partial charge is 0.349 e. The molecule has 0 aromatic heterocycles. The van der Waals surface area contributed by atoms with E-state index in [1.54, 1.807) is 11.8 Å². The Bertz CT molecular complexity index is 600. The molecule has 5 heteroatoms. The summed E-state index contributed by atoms with van der Waals surface area (Å²) >= 11 is 0. The van der Waals surface area contributed by atoms with Crippen molar-refractivity contribution in [2.75, 3.05) is 24.5 Å². The van der Waals surface area contributed by atoms with Gasteiger partial charge in [-0.1, -0.05) is 6.92 Å². The number of nitrogens with zero attached hydrogens (tertiary/aromatic N) is 1. The lowest BCUT2D eigenvalue weighted by Gasteiger charge is -2.30. The fourth-order valence-corrected chi connectivity index (χ4v) is 3.35. The molecule has 2 amide bonds. The second kappa shape index (κ2) is 6.08. The molecule has 1 aromatic carbocycles. The van der Waals surface area contributed by atoms with E-state index in [9.17, 15) is 9.59 Å². The van der Waals surface area contributed by atoms with Crippen LogP contribution < -0.4 is 15.5 Å². The van der Waals surface area contributed by atoms with Gasteiger partial charge in [-0.15, -0.1) is 0 Å². The van der Waals surface area contributed by atoms with Crippen LogP contribution in [0, 0.1) is 5.92 Å². The standard InChI is InChI=1S/C17H23N3O2/c1-11-10-18-7-5-15(11)19-17(22)14-3-4-16-13(9-14)6-8-20(16)12(2)21/h3-4,9,11,15,18H,5-8,10H2,1-2H3,(H,19,22). The van der Waals surface area contributed by atoms with Gasteiger partial charge in [0, 0.05) is 30.8 Å². The molecular weight excluding hydrogens is 278 g/mol. The first kappa shape index (κ1) is 15.0. The van der Waals surface area contributed by atoms with E-state index in [1.807, 2.05) is 18.2 Å². The maximum Gasteiger partial charge on any atom is 0.251 e. The van der Waals surface area contributed by atoms with Gasteiger partial charge in [0.2, 0.25) is 5.91 Å². The van der Waals surface area contributed by atoms with Crippen molar-refractivity contribution >= 4 is 17.5 Å². The van der Waals surface area contributed by atoms with Crippen LogP contribution in [0.3, 0.4) is 0 Å². The number of carbonyl (C=O) groups excluding carboxylic acids is 2. The van der Waals surface area contributed by atoms with Crippen molar-refractivity contribution in [3.8, 4) is 0 Å². The Labute approximate surface area is 131 Å². The lowest BCUT2D eigenvalue weighted by molar-refractivity contribution is -0.116. The first-order chi connectivity index (χ1) is 10.6. The third-order valence-corrected chi connectivity index (χ3v) is 4.72. The Morgan fingerprint density at radius 2 is 2.18 bits per heavy atom. The van der Waals surface area contributed by atoms with Gasteiger partial charge in [-0.2, -0.15) is 0 Å². The second-order valence-electron chi connectivity index (χ2n) is 6.31. The summed E-state index contributed by atoms with van der Waals surface area (Å²) in [5, 5.41) is 6.49. The molecule has 1 saturated heterocycles. The molecule has 0 radical (unpaired) electrons. The van der Waals surface area contributed by atoms with Gasteiger partial charge in [-0.25, -0.2) is 0 Å². The van der Waals surface area contributed by atoms with E-state index in [4.69, 9.17) is 0 Å². The molecule has 1 fully saturated rings. The Morgan fingerprint density at radius 1 is 1.36 bits per heavy atom. The van der Waals surface area contributed by atoms with Gasteiger partial charge >= 0.3 is 0 Å². The molecule has 1 aromatic rings. The number of rotatable bonds is 2. The number of fused-ring (bicyclic) bond motifs is 1. The zero-order chi connectivity index (χ0) is 15.7. The van der Waals surface area contributed by atoms with Crippen LogP contribution in [-0.2, 0) is 11.2 Å². The average Bonchev–Trinajstić information content (AvgIpc) is 2.92. The molecule has 118 valence electrons. The van der Waals surface area contributed by atoms with Crippen LogP contribution in [-0.4, -0.2) is 37.5 Å². The van der Waals surface area contributed by atoms with Gasteiger partial charge in [0.25, 0.3) is 5.91 Å². The quantitative estimate of drug-likeness (QED) is 0.866. The topological polar surface area (TPSA) is 61.4 Å². The highest BCUT2D eigenvalue weighted by Gasteiger charge is 2.25. The van der Waals surface area contributed by atoms with E-state index in [0.717, 1.165) is 37.2 Å². The number of nitrogens with one attached hydrogen (secondary N) is 2. The van der Waals surface area contributed by atoms with Gasteiger partial charge < -0.3 is 15.5 Å². The van der Waals surface area contributed by atoms with Gasteiger partial charge in [0.05, 0.1) is 0 Å². The maximum absolute atomic E-state index is 12.5. The van der Waals surface area contributed by atoms with Crippen molar-refractivity contribution in [2.45, 2.75) is 32.7 Å². The van der Waals surface area contributed by atoms with Gasteiger partial charge in [-0.05, 0) is 55.6 Å².